The van der Waals surface area contributed by atoms with Crippen molar-refractivity contribution in [3.8, 4) is 0 Å². The average molecular weight is 894 g/mol. The number of imide groups is 2. The van der Waals surface area contributed by atoms with Gasteiger partial charge in [-0.3, -0.25) is 49.1 Å². The van der Waals surface area contributed by atoms with Gasteiger partial charge in [0.2, 0.25) is 23.6 Å². The minimum absolute atomic E-state index is 0.0259. The Morgan fingerprint density at radius 1 is 0.857 bits per heavy atom. The number of rotatable bonds is 11. The van der Waals surface area contributed by atoms with E-state index in [1.165, 1.54) is 12.1 Å². The Kier molecular flexibility index (Phi) is 11.2. The monoisotopic (exact) mass is 892 g/mol. The number of halogens is 3. The number of fused-ring (bicyclic) bond motifs is 4. The van der Waals surface area contributed by atoms with Crippen LogP contribution >= 0.6 is 23.2 Å². The number of hydrogen-bond donors (Lipinski definition) is 5. The lowest BCUT2D eigenvalue weighted by Gasteiger charge is -2.47. The first-order chi connectivity index (χ1) is 30.3. The molecule has 1 unspecified atom stereocenters. The van der Waals surface area contributed by atoms with Crippen LogP contribution in [0, 0.1) is 5.82 Å². The van der Waals surface area contributed by atoms with E-state index in [1.807, 2.05) is 0 Å². The molecule has 2 spiro atoms. The molecule has 3 fully saturated rings. The minimum Gasteiger partial charge on any atom is -0.384 e. The maximum absolute atomic E-state index is 16.2. The molecule has 1 saturated carbocycles. The fourth-order valence-corrected chi connectivity index (χ4v) is 11.0. The van der Waals surface area contributed by atoms with E-state index in [-0.39, 0.29) is 52.7 Å². The van der Waals surface area contributed by atoms with E-state index >= 15 is 4.39 Å². The lowest BCUT2D eigenvalue weighted by atomic mass is 9.55. The van der Waals surface area contributed by atoms with E-state index in [1.54, 1.807) is 66.7 Å². The van der Waals surface area contributed by atoms with Crippen LogP contribution in [-0.4, -0.2) is 70.3 Å². The van der Waals surface area contributed by atoms with Crippen molar-refractivity contribution in [2.75, 3.05) is 22.5 Å². The predicted octanol–water partition coefficient (Wildman–Crippen LogP) is 7.29. The number of amides is 6. The van der Waals surface area contributed by atoms with Gasteiger partial charge in [-0.05, 0) is 97.8 Å². The summed E-state index contributed by atoms with van der Waals surface area (Å²) in [6.45, 7) is 0.396. The van der Waals surface area contributed by atoms with Crippen LogP contribution in [0.2, 0.25) is 10.0 Å². The van der Waals surface area contributed by atoms with Crippen LogP contribution in [0.5, 0.6) is 0 Å². The highest BCUT2D eigenvalue weighted by molar-refractivity contribution is 6.31. The second kappa shape index (κ2) is 16.6. The largest absolute Gasteiger partial charge is 0.384 e. The Bertz CT molecular complexity index is 2620. The van der Waals surface area contributed by atoms with Gasteiger partial charge in [0.15, 0.2) is 5.78 Å². The first-order valence-electron chi connectivity index (χ1n) is 21.2. The van der Waals surface area contributed by atoms with Crippen molar-refractivity contribution in [3.63, 3.8) is 0 Å². The van der Waals surface area contributed by atoms with E-state index in [0.29, 0.717) is 65.4 Å². The Labute approximate surface area is 371 Å². The molecule has 5 N–H and O–H groups in total. The summed E-state index contributed by atoms with van der Waals surface area (Å²) in [5, 5.41) is 15.3. The highest BCUT2D eigenvalue weighted by atomic mass is 35.5. The molecule has 4 atom stereocenters. The number of benzene rings is 4. The number of unbranched alkanes of at least 4 members (excludes halogenated alkanes) is 1. The van der Waals surface area contributed by atoms with E-state index in [2.05, 4.69) is 26.6 Å². The van der Waals surface area contributed by atoms with Crippen molar-refractivity contribution in [2.24, 2.45) is 0 Å². The van der Waals surface area contributed by atoms with Crippen molar-refractivity contribution in [1.29, 1.82) is 0 Å². The highest BCUT2D eigenvalue weighted by Gasteiger charge is 2.72. The van der Waals surface area contributed by atoms with Crippen molar-refractivity contribution >= 4 is 81.5 Å². The second-order valence-electron chi connectivity index (χ2n) is 16.9. The zero-order valence-corrected chi connectivity index (χ0v) is 35.5. The van der Waals surface area contributed by atoms with E-state index in [9.17, 15) is 33.6 Å². The lowest BCUT2D eigenvalue weighted by Crippen LogP contribution is -2.60. The molecule has 4 heterocycles. The summed E-state index contributed by atoms with van der Waals surface area (Å²) in [5.74, 6) is -4.93. The molecular weight excluding hydrogens is 850 g/mol. The topological polar surface area (TPSA) is 183 Å². The zero-order chi connectivity index (χ0) is 44.2. The Balaban J connectivity index is 0.866. The third kappa shape index (κ3) is 7.08. The molecule has 1 aliphatic carbocycles. The molecule has 2 saturated heterocycles. The number of carbonyl (C=O) groups is 7. The molecule has 324 valence electrons. The lowest BCUT2D eigenvalue weighted by molar-refractivity contribution is -0.136. The molecule has 4 aliphatic heterocycles. The van der Waals surface area contributed by atoms with Crippen LogP contribution in [0.3, 0.4) is 0 Å². The van der Waals surface area contributed by atoms with Crippen molar-refractivity contribution in [3.05, 3.63) is 123 Å². The molecule has 13 nitrogen and oxygen atoms in total. The van der Waals surface area contributed by atoms with Crippen LogP contribution in [-0.2, 0) is 24.6 Å². The molecule has 16 heteroatoms. The first kappa shape index (κ1) is 42.3. The summed E-state index contributed by atoms with van der Waals surface area (Å²) in [4.78, 5) is 94.0. The quantitative estimate of drug-likeness (QED) is 0.0587. The van der Waals surface area contributed by atoms with E-state index in [4.69, 9.17) is 23.2 Å². The smallest absolute Gasteiger partial charge is 0.264 e. The summed E-state index contributed by atoms with van der Waals surface area (Å²) in [6, 6.07) is 19.1. The molecule has 0 radical (unpaired) electrons. The molecule has 4 aromatic rings. The maximum Gasteiger partial charge on any atom is 0.264 e. The van der Waals surface area contributed by atoms with E-state index < -0.39 is 64.3 Å². The standard InChI is InChI=1S/C47H43Cl2FN6O7/c48-26-15-18-30-33(24-26)53-45(63)47(30)38(29-9-6-10-31(49)39(29)50)40(55-46(47)21-3-1-4-22-46)42(60)52-27-16-13-25(14-17-27)35(57)12-2-5-23-51-32-11-7-8-28-37(32)44(62)56(43(28)61)34-19-20-36(58)54-41(34)59/h6-11,13-18,24,34,38,40,51,55H,1-5,12,19-23H2,(H,52,60)(H,53,63)(H,54,58,59)/t34?,38-,40+,47+/m0/s1. The number of anilines is 3. The SMILES string of the molecule is O=C1CCC(N2C(=O)c3cccc(NCCCCC(=O)c4ccc(NC(=O)[C@@H]5NC6(CCCCC6)[C@@]6(C(=O)Nc7cc(Cl)ccc76)[C@H]5c5cccc(Cl)c5F)cc4)c3C2=O)C(=O)N1. The van der Waals surface area contributed by atoms with Crippen LogP contribution in [0.4, 0.5) is 21.5 Å². The van der Waals surface area contributed by atoms with Crippen molar-refractivity contribution in [2.45, 2.75) is 93.2 Å². The number of piperidine rings is 1. The van der Waals surface area contributed by atoms with Gasteiger partial charge in [0, 0.05) is 58.5 Å². The summed E-state index contributed by atoms with van der Waals surface area (Å²) in [6.07, 6.45) is 5.11. The molecular formula is C47H43Cl2FN6O7. The molecule has 9 rings (SSSR count). The summed E-state index contributed by atoms with van der Waals surface area (Å²) in [7, 11) is 0. The van der Waals surface area contributed by atoms with Gasteiger partial charge in [0.1, 0.15) is 17.3 Å². The Hall–Kier alpha value is -5.96. The van der Waals surface area contributed by atoms with Gasteiger partial charge >= 0.3 is 0 Å². The van der Waals surface area contributed by atoms with Gasteiger partial charge in [0.25, 0.3) is 11.8 Å². The van der Waals surface area contributed by atoms with Gasteiger partial charge in [-0.1, -0.05) is 66.7 Å². The number of carbonyl (C=O) groups excluding carboxylic acids is 7. The molecule has 0 aromatic heterocycles. The number of hydrogen-bond acceptors (Lipinski definition) is 9. The third-order valence-corrected chi connectivity index (χ3v) is 13.9. The first-order valence-corrected chi connectivity index (χ1v) is 22.0. The molecule has 63 heavy (non-hydrogen) atoms. The fraction of sp³-hybridized carbons (Fsp3) is 0.340. The minimum atomic E-state index is -1.37. The predicted molar refractivity (Wildman–Crippen MR) is 234 cm³/mol. The molecule has 6 amide bonds. The van der Waals surface area contributed by atoms with Gasteiger partial charge in [-0.25, -0.2) is 4.39 Å². The number of Topliss-reactive ketones (excluding diaryl/α,β-unsaturated/α-hetero) is 1. The van der Waals surface area contributed by atoms with Crippen LogP contribution < -0.4 is 26.6 Å². The number of nitrogens with one attached hydrogen (secondary N) is 5. The maximum atomic E-state index is 16.2. The van der Waals surface area contributed by atoms with Gasteiger partial charge in [-0.15, -0.1) is 0 Å². The normalized spacial score (nSPS) is 23.4. The van der Waals surface area contributed by atoms with Crippen LogP contribution in [0.15, 0.2) is 78.9 Å². The number of ketones is 1. The summed E-state index contributed by atoms with van der Waals surface area (Å²) < 4.78 is 16.2. The summed E-state index contributed by atoms with van der Waals surface area (Å²) in [5.41, 5.74) is 0.695. The van der Waals surface area contributed by atoms with Crippen LogP contribution in [0.1, 0.15) is 112 Å². The highest BCUT2D eigenvalue weighted by Crippen LogP contribution is 2.63. The van der Waals surface area contributed by atoms with Crippen molar-refractivity contribution in [1.82, 2.24) is 15.5 Å². The van der Waals surface area contributed by atoms with Crippen molar-refractivity contribution < 1.29 is 38.0 Å². The second-order valence-corrected chi connectivity index (χ2v) is 17.7. The van der Waals surface area contributed by atoms with E-state index in [0.717, 1.165) is 24.2 Å². The fourth-order valence-electron chi connectivity index (χ4n) is 10.6. The number of nitrogens with zero attached hydrogens (tertiary/aromatic N) is 1. The average Bonchev–Trinajstić information content (AvgIpc) is 3.82. The van der Waals surface area contributed by atoms with Gasteiger partial charge in [0.05, 0.1) is 22.2 Å². The molecule has 5 aliphatic rings. The zero-order valence-electron chi connectivity index (χ0n) is 34.0. The van der Waals surface area contributed by atoms with Gasteiger partial charge in [-0.2, -0.15) is 0 Å². The van der Waals surface area contributed by atoms with Gasteiger partial charge < -0.3 is 16.0 Å². The molecule has 0 bridgehead atoms. The Morgan fingerprint density at radius 2 is 1.62 bits per heavy atom. The molecule has 4 aromatic carbocycles. The van der Waals surface area contributed by atoms with Crippen LogP contribution in [0.25, 0.3) is 0 Å². The summed E-state index contributed by atoms with van der Waals surface area (Å²) >= 11 is 12.8. The third-order valence-electron chi connectivity index (χ3n) is 13.4. The Morgan fingerprint density at radius 3 is 2.38 bits per heavy atom.